The standard InChI is InChI=1S/C24H19N3O3S2/c1-28-18-11-6-10-17(24(18)29-2)27-32-21-14-13-20(22-23(21)26-30-25-22)31-19-12-5-8-15-7-3-4-9-16(15)19/h3-14,27H,1-2H3. The Balaban J connectivity index is 1.44. The van der Waals surface area contributed by atoms with Crippen molar-refractivity contribution in [3.05, 3.63) is 72.8 Å². The van der Waals surface area contributed by atoms with E-state index in [0.717, 1.165) is 25.9 Å². The quantitative estimate of drug-likeness (QED) is 0.270. The summed E-state index contributed by atoms with van der Waals surface area (Å²) in [5.41, 5.74) is 2.23. The largest absolute Gasteiger partial charge is 0.493 e. The van der Waals surface area contributed by atoms with E-state index in [-0.39, 0.29) is 0 Å². The summed E-state index contributed by atoms with van der Waals surface area (Å²) in [6.45, 7) is 0. The highest BCUT2D eigenvalue weighted by atomic mass is 32.2. The lowest BCUT2D eigenvalue weighted by molar-refractivity contribution is 0.314. The van der Waals surface area contributed by atoms with Crippen molar-refractivity contribution in [3.63, 3.8) is 0 Å². The number of nitrogens with zero attached hydrogens (tertiary/aromatic N) is 2. The van der Waals surface area contributed by atoms with E-state index in [1.165, 1.54) is 22.7 Å². The van der Waals surface area contributed by atoms with E-state index in [1.807, 2.05) is 36.4 Å². The summed E-state index contributed by atoms with van der Waals surface area (Å²) in [4.78, 5) is 3.04. The van der Waals surface area contributed by atoms with Crippen molar-refractivity contribution in [1.82, 2.24) is 10.3 Å². The number of methoxy groups -OCH3 is 2. The first kappa shape index (κ1) is 20.5. The first-order valence-corrected chi connectivity index (χ1v) is 11.5. The van der Waals surface area contributed by atoms with Crippen molar-refractivity contribution >= 4 is 51.2 Å². The van der Waals surface area contributed by atoms with Gasteiger partial charge in [-0.15, -0.1) is 0 Å². The van der Waals surface area contributed by atoms with E-state index in [2.05, 4.69) is 51.4 Å². The van der Waals surface area contributed by atoms with Gasteiger partial charge < -0.3 is 14.2 Å². The zero-order valence-electron chi connectivity index (χ0n) is 17.4. The maximum atomic E-state index is 5.50. The number of aromatic nitrogens is 2. The molecule has 5 aromatic rings. The number of anilines is 1. The first-order chi connectivity index (χ1) is 15.8. The second-order valence-electron chi connectivity index (χ2n) is 6.85. The minimum atomic E-state index is 0.639. The van der Waals surface area contributed by atoms with Gasteiger partial charge >= 0.3 is 0 Å². The van der Waals surface area contributed by atoms with Gasteiger partial charge in [0.2, 0.25) is 0 Å². The number of fused-ring (bicyclic) bond motifs is 2. The lowest BCUT2D eigenvalue weighted by atomic mass is 10.1. The molecule has 4 aromatic carbocycles. The molecule has 0 saturated heterocycles. The molecular formula is C24H19N3O3S2. The van der Waals surface area contributed by atoms with Gasteiger partial charge in [-0.05, 0) is 63.4 Å². The molecule has 5 rings (SSSR count). The number of hydrogen-bond acceptors (Lipinski definition) is 8. The van der Waals surface area contributed by atoms with Gasteiger partial charge in [0.1, 0.15) is 5.52 Å². The average Bonchev–Trinajstić information content (AvgIpc) is 3.34. The highest BCUT2D eigenvalue weighted by Gasteiger charge is 2.16. The Morgan fingerprint density at radius 3 is 2.34 bits per heavy atom. The van der Waals surface area contributed by atoms with Crippen LogP contribution in [0.3, 0.4) is 0 Å². The molecule has 0 aliphatic heterocycles. The third-order valence-corrected chi connectivity index (χ3v) is 6.98. The van der Waals surface area contributed by atoms with Crippen LogP contribution in [0, 0.1) is 0 Å². The van der Waals surface area contributed by atoms with Gasteiger partial charge in [0.05, 0.1) is 24.8 Å². The molecule has 0 spiro atoms. The van der Waals surface area contributed by atoms with Gasteiger partial charge in [-0.3, -0.25) is 0 Å². The minimum Gasteiger partial charge on any atom is -0.493 e. The lowest BCUT2D eigenvalue weighted by Crippen LogP contribution is -1.96. The lowest BCUT2D eigenvalue weighted by Gasteiger charge is -2.13. The second kappa shape index (κ2) is 9.02. The fourth-order valence-corrected chi connectivity index (χ4v) is 5.26. The summed E-state index contributed by atoms with van der Waals surface area (Å²) in [5, 5.41) is 10.7. The van der Waals surface area contributed by atoms with Gasteiger partial charge in [-0.1, -0.05) is 54.2 Å². The molecule has 1 aromatic heterocycles. The van der Waals surface area contributed by atoms with Crippen molar-refractivity contribution < 1.29 is 14.1 Å². The van der Waals surface area contributed by atoms with Crippen molar-refractivity contribution in [2.75, 3.05) is 18.9 Å². The zero-order valence-corrected chi connectivity index (χ0v) is 19.0. The maximum Gasteiger partial charge on any atom is 0.184 e. The van der Waals surface area contributed by atoms with Gasteiger partial charge in [-0.25, -0.2) is 4.63 Å². The Hall–Kier alpha value is -3.36. The molecule has 0 bridgehead atoms. The number of benzene rings is 4. The van der Waals surface area contributed by atoms with Crippen LogP contribution in [-0.4, -0.2) is 24.5 Å². The molecule has 0 fully saturated rings. The van der Waals surface area contributed by atoms with Crippen LogP contribution in [0.15, 0.2) is 92.1 Å². The van der Waals surface area contributed by atoms with E-state index in [1.54, 1.807) is 26.0 Å². The summed E-state index contributed by atoms with van der Waals surface area (Å²) in [5.74, 6) is 1.30. The molecule has 1 heterocycles. The molecule has 160 valence electrons. The number of hydrogen-bond donors (Lipinski definition) is 1. The maximum absolute atomic E-state index is 5.50. The molecule has 0 amide bonds. The topological polar surface area (TPSA) is 69.4 Å². The number of para-hydroxylation sites is 1. The van der Waals surface area contributed by atoms with Gasteiger partial charge in [0.15, 0.2) is 17.0 Å². The Kier molecular flexibility index (Phi) is 5.79. The predicted molar refractivity (Wildman–Crippen MR) is 129 cm³/mol. The molecule has 0 radical (unpaired) electrons. The molecule has 1 N–H and O–H groups in total. The SMILES string of the molecule is COc1cccc(NSc2ccc(Sc3cccc4ccccc34)c3nonc23)c1OC. The normalized spacial score (nSPS) is 11.1. The van der Waals surface area contributed by atoms with Crippen LogP contribution in [0.1, 0.15) is 0 Å². The third-order valence-electron chi connectivity index (χ3n) is 4.98. The number of rotatable bonds is 7. The van der Waals surface area contributed by atoms with E-state index in [0.29, 0.717) is 17.0 Å². The first-order valence-electron chi connectivity index (χ1n) is 9.83. The van der Waals surface area contributed by atoms with Gasteiger partial charge in [0.25, 0.3) is 0 Å². The van der Waals surface area contributed by atoms with Crippen molar-refractivity contribution in [2.24, 2.45) is 0 Å². The van der Waals surface area contributed by atoms with Crippen LogP contribution in [0.4, 0.5) is 5.69 Å². The molecule has 32 heavy (non-hydrogen) atoms. The fraction of sp³-hybridized carbons (Fsp3) is 0.0833. The molecular weight excluding hydrogens is 442 g/mol. The Morgan fingerprint density at radius 1 is 0.750 bits per heavy atom. The number of nitrogens with one attached hydrogen (secondary N) is 1. The monoisotopic (exact) mass is 461 g/mol. The van der Waals surface area contributed by atoms with E-state index >= 15 is 0 Å². The van der Waals surface area contributed by atoms with Gasteiger partial charge in [0, 0.05) is 9.79 Å². The third kappa shape index (κ3) is 3.83. The van der Waals surface area contributed by atoms with Crippen molar-refractivity contribution in [3.8, 4) is 11.5 Å². The molecule has 0 atom stereocenters. The Bertz CT molecular complexity index is 1400. The Morgan fingerprint density at radius 2 is 1.50 bits per heavy atom. The zero-order chi connectivity index (χ0) is 21.9. The van der Waals surface area contributed by atoms with E-state index in [4.69, 9.17) is 14.1 Å². The summed E-state index contributed by atoms with van der Waals surface area (Å²) in [6.07, 6.45) is 0. The van der Waals surface area contributed by atoms with Crippen LogP contribution in [-0.2, 0) is 0 Å². The number of ether oxygens (including phenoxy) is 2. The minimum absolute atomic E-state index is 0.639. The van der Waals surface area contributed by atoms with Crippen LogP contribution in [0.5, 0.6) is 11.5 Å². The van der Waals surface area contributed by atoms with E-state index in [9.17, 15) is 0 Å². The van der Waals surface area contributed by atoms with Crippen molar-refractivity contribution in [2.45, 2.75) is 14.7 Å². The van der Waals surface area contributed by atoms with Crippen LogP contribution >= 0.6 is 23.7 Å². The smallest absolute Gasteiger partial charge is 0.184 e. The Labute approximate surface area is 193 Å². The molecule has 8 heteroatoms. The summed E-state index contributed by atoms with van der Waals surface area (Å²) >= 11 is 3.07. The highest BCUT2D eigenvalue weighted by Crippen LogP contribution is 2.41. The van der Waals surface area contributed by atoms with Crippen LogP contribution in [0.2, 0.25) is 0 Å². The summed E-state index contributed by atoms with van der Waals surface area (Å²) in [6, 6.07) is 24.4. The average molecular weight is 462 g/mol. The van der Waals surface area contributed by atoms with Crippen molar-refractivity contribution in [1.29, 1.82) is 0 Å². The van der Waals surface area contributed by atoms with E-state index < -0.39 is 0 Å². The fourth-order valence-electron chi connectivity index (χ4n) is 3.47. The molecule has 0 aliphatic rings. The highest BCUT2D eigenvalue weighted by molar-refractivity contribution is 8.01. The molecule has 6 nitrogen and oxygen atoms in total. The molecule has 0 aliphatic carbocycles. The van der Waals surface area contributed by atoms with Crippen LogP contribution in [0.25, 0.3) is 21.8 Å². The van der Waals surface area contributed by atoms with Gasteiger partial charge in [-0.2, -0.15) is 0 Å². The summed E-state index contributed by atoms with van der Waals surface area (Å²) < 4.78 is 19.3. The molecule has 0 saturated carbocycles. The summed E-state index contributed by atoms with van der Waals surface area (Å²) in [7, 11) is 3.23. The van der Waals surface area contributed by atoms with Crippen LogP contribution < -0.4 is 14.2 Å². The predicted octanol–water partition coefficient (Wildman–Crippen LogP) is 6.66. The molecule has 0 unspecified atom stereocenters. The second-order valence-corrected chi connectivity index (χ2v) is 8.78.